The van der Waals surface area contributed by atoms with Gasteiger partial charge in [0.25, 0.3) is 17.7 Å². The van der Waals surface area contributed by atoms with Crippen molar-refractivity contribution in [3.05, 3.63) is 94.6 Å². The van der Waals surface area contributed by atoms with Crippen LogP contribution in [0.25, 0.3) is 22.3 Å². The molecule has 4 N–H and O–H groups in total. The van der Waals surface area contributed by atoms with Crippen molar-refractivity contribution in [1.29, 1.82) is 0 Å². The molecule has 5 aromatic rings. The van der Waals surface area contributed by atoms with Gasteiger partial charge in [0.2, 0.25) is 29.5 Å². The Kier molecular flexibility index (Phi) is 15.3. The van der Waals surface area contributed by atoms with Gasteiger partial charge in [-0.15, -0.1) is 0 Å². The number of benzene rings is 3. The summed E-state index contributed by atoms with van der Waals surface area (Å²) in [5.41, 5.74) is 5.54. The summed E-state index contributed by atoms with van der Waals surface area (Å²) in [5, 5.41) is 11.9. The number of imidazole rings is 1. The second-order valence-electron chi connectivity index (χ2n) is 26.2. The number of carbonyl (C=O) groups is 8. The smallest absolute Gasteiger partial charge is 0.264 e. The molecule has 1 spiro atoms. The van der Waals surface area contributed by atoms with Gasteiger partial charge in [0, 0.05) is 91.2 Å². The number of hydrogen-bond acceptors (Lipinski definition) is 13. The number of amides is 8. The van der Waals surface area contributed by atoms with E-state index in [0.717, 1.165) is 47.6 Å². The number of fused-ring (bicyclic) bond motifs is 4. The summed E-state index contributed by atoms with van der Waals surface area (Å²) in [6.07, 6.45) is 11.3. The maximum absolute atomic E-state index is 16.0. The number of nitrogens with zero attached hydrogens (tertiary/aromatic N) is 8. The Labute approximate surface area is 505 Å². The molecule has 0 radical (unpaired) electrons. The van der Waals surface area contributed by atoms with Crippen LogP contribution < -0.4 is 26.2 Å². The number of pyridine rings is 1. The van der Waals surface area contributed by atoms with E-state index in [-0.39, 0.29) is 89.3 Å². The minimum Gasteiger partial charge on any atom is -0.382 e. The van der Waals surface area contributed by atoms with Crippen LogP contribution in [0.5, 0.6) is 0 Å². The molecule has 3 aromatic carbocycles. The fourth-order valence-corrected chi connectivity index (χ4v) is 15.2. The standard InChI is InChI=1S/C66H77FN12O8/c1-36(2)69-59(81)46-32-51(48(67)28-38(46)5)72-58-57-52(68-35-77(57)37(3)4)33-50(71-58)40-14-17-47-54(29-40)78(44-30-43(31-44)74-23-7-6-8-24-74)65(87)66(47)21-26-75(27-22-66)62(84)41-20-25-76(34-41)61(83)39-12-15-42(16-13-39)70-49-11-9-10-45-56(49)64(86)79(63(45)85)53-18-19-55(80)73-60(53)82/h9-11,14,17,28-29,32-33,35-37,39,41-44,53,70H,6-8,12-13,15-16,18-27,30-31,34H2,1-5H3,(H,69,81)(H,71,72)(H,73,80,82)/t39?,41?,42?,43-,44+,53?. The number of halogens is 1. The van der Waals surface area contributed by atoms with Crippen LogP contribution in [0.3, 0.4) is 0 Å². The minimum absolute atomic E-state index is 0.00219. The monoisotopic (exact) mass is 1180 g/mol. The maximum Gasteiger partial charge on any atom is 0.264 e. The van der Waals surface area contributed by atoms with Gasteiger partial charge in [-0.1, -0.05) is 24.6 Å². The van der Waals surface area contributed by atoms with Crippen molar-refractivity contribution >= 4 is 81.2 Å². The van der Waals surface area contributed by atoms with Gasteiger partial charge < -0.3 is 40.1 Å². The third-order valence-electron chi connectivity index (χ3n) is 20.1. The summed E-state index contributed by atoms with van der Waals surface area (Å²) in [6.45, 7) is 13.3. The van der Waals surface area contributed by atoms with Crippen molar-refractivity contribution < 1.29 is 42.7 Å². The summed E-state index contributed by atoms with van der Waals surface area (Å²) in [5.74, 6) is -3.12. The highest BCUT2D eigenvalue weighted by molar-refractivity contribution is 6.25. The SMILES string of the molecule is Cc1cc(F)c(Nc2nc(-c3ccc4c(c3)N([C@H]3C[C@@H](N5CCCCC5)C3)C(=O)C43CCN(C(=O)C4CCN(C(=O)C5CCC(Nc6cccc7c6C(=O)N(C6CCC(=O)NC6=O)C7=O)CC5)C4)CC3)cc3ncn(C(C)C)c23)cc1C(=O)NC(C)C. The Bertz CT molecular complexity index is 3660. The number of piperidine rings is 3. The van der Waals surface area contributed by atoms with Crippen LogP contribution in [0, 0.1) is 24.6 Å². The quantitative estimate of drug-likeness (QED) is 0.0817. The molecule has 0 bridgehead atoms. The zero-order chi connectivity index (χ0) is 60.7. The van der Waals surface area contributed by atoms with E-state index in [9.17, 15) is 33.6 Å². The highest BCUT2D eigenvalue weighted by atomic mass is 19.1. The lowest BCUT2D eigenvalue weighted by Crippen LogP contribution is -2.58. The highest BCUT2D eigenvalue weighted by Crippen LogP contribution is 2.53. The Morgan fingerprint density at radius 3 is 2.23 bits per heavy atom. The van der Waals surface area contributed by atoms with E-state index in [1.165, 1.54) is 31.4 Å². The molecule has 20 nitrogen and oxygen atoms in total. The van der Waals surface area contributed by atoms with Crippen LogP contribution in [-0.2, 0) is 29.4 Å². The normalized spacial score (nSPS) is 24.7. The summed E-state index contributed by atoms with van der Waals surface area (Å²) in [7, 11) is 0. The van der Waals surface area contributed by atoms with Gasteiger partial charge in [-0.05, 0) is 172 Å². The van der Waals surface area contributed by atoms with E-state index < -0.39 is 40.9 Å². The van der Waals surface area contributed by atoms with Gasteiger partial charge in [0.15, 0.2) is 5.82 Å². The lowest BCUT2D eigenvalue weighted by molar-refractivity contribution is -0.140. The first kappa shape index (κ1) is 58.0. The van der Waals surface area contributed by atoms with Crippen LogP contribution >= 0.6 is 0 Å². The topological polar surface area (TPSA) is 232 Å². The van der Waals surface area contributed by atoms with Gasteiger partial charge >= 0.3 is 0 Å². The summed E-state index contributed by atoms with van der Waals surface area (Å²) in [6, 6.07) is 15.2. The molecule has 8 amide bonds. The number of aryl methyl sites for hydroxylation is 1. The van der Waals surface area contributed by atoms with E-state index in [4.69, 9.17) is 9.97 Å². The van der Waals surface area contributed by atoms with E-state index in [0.29, 0.717) is 117 Å². The Hall–Kier alpha value is -8.07. The molecule has 6 fully saturated rings. The average molecular weight is 1190 g/mol. The first-order valence-electron chi connectivity index (χ1n) is 31.5. The Morgan fingerprint density at radius 2 is 1.51 bits per heavy atom. The number of hydrogen-bond donors (Lipinski definition) is 4. The Balaban J connectivity index is 0.691. The largest absolute Gasteiger partial charge is 0.382 e. The van der Waals surface area contributed by atoms with Crippen LogP contribution in [0.4, 0.5) is 27.3 Å². The number of anilines is 4. The molecule has 2 atom stereocenters. The van der Waals surface area contributed by atoms with Crippen LogP contribution in [0.2, 0.25) is 0 Å². The molecule has 2 aliphatic carbocycles. The first-order chi connectivity index (χ1) is 41.8. The maximum atomic E-state index is 16.0. The highest BCUT2D eigenvalue weighted by Gasteiger charge is 2.56. The Morgan fingerprint density at radius 1 is 0.759 bits per heavy atom. The molecule has 6 aliphatic heterocycles. The minimum atomic E-state index is -1.06. The van der Waals surface area contributed by atoms with E-state index in [2.05, 4.69) is 43.2 Å². The van der Waals surface area contributed by atoms with Gasteiger partial charge in [-0.3, -0.25) is 48.6 Å². The molecule has 4 saturated heterocycles. The molecule has 8 heterocycles. The van der Waals surface area contributed by atoms with Gasteiger partial charge in [-0.2, -0.15) is 0 Å². The number of likely N-dealkylation sites (tertiary alicyclic amines) is 3. The second kappa shape index (κ2) is 22.9. The van der Waals surface area contributed by atoms with Gasteiger partial charge in [0.05, 0.1) is 45.7 Å². The zero-order valence-electron chi connectivity index (χ0n) is 50.3. The zero-order valence-corrected chi connectivity index (χ0v) is 50.3. The molecule has 13 rings (SSSR count). The number of aromatic nitrogens is 3. The van der Waals surface area contributed by atoms with Crippen LogP contribution in [0.15, 0.2) is 60.9 Å². The molecule has 8 aliphatic rings. The molecular weight excluding hydrogens is 1110 g/mol. The third-order valence-corrected chi connectivity index (χ3v) is 20.1. The summed E-state index contributed by atoms with van der Waals surface area (Å²) >= 11 is 0. The molecular formula is C66H77FN12O8. The van der Waals surface area contributed by atoms with Crippen molar-refractivity contribution in [2.75, 3.05) is 54.8 Å². The average Bonchev–Trinajstić information content (AvgIpc) is 1.58. The number of rotatable bonds is 13. The molecule has 21 heteroatoms. The number of carbonyl (C=O) groups excluding carboxylic acids is 8. The molecule has 2 unspecified atom stereocenters. The van der Waals surface area contributed by atoms with E-state index in [1.54, 1.807) is 31.5 Å². The predicted molar refractivity (Wildman–Crippen MR) is 325 cm³/mol. The van der Waals surface area contributed by atoms with Gasteiger partial charge in [0.1, 0.15) is 17.4 Å². The van der Waals surface area contributed by atoms with Crippen molar-refractivity contribution in [3.8, 4) is 11.3 Å². The first-order valence-corrected chi connectivity index (χ1v) is 31.5. The van der Waals surface area contributed by atoms with Crippen molar-refractivity contribution in [2.24, 2.45) is 11.8 Å². The lowest BCUT2D eigenvalue weighted by Gasteiger charge is -2.48. The van der Waals surface area contributed by atoms with Crippen LogP contribution in [-0.4, -0.2) is 151 Å². The predicted octanol–water partition coefficient (Wildman–Crippen LogP) is 8.15. The third kappa shape index (κ3) is 10.4. The van der Waals surface area contributed by atoms with Crippen LogP contribution in [0.1, 0.15) is 166 Å². The lowest BCUT2D eigenvalue weighted by atomic mass is 9.73. The fraction of sp³-hybridized carbons (Fsp3) is 0.515. The van der Waals surface area contributed by atoms with E-state index >= 15 is 9.18 Å². The van der Waals surface area contributed by atoms with Crippen molar-refractivity contribution in [1.82, 2.24) is 44.8 Å². The molecule has 456 valence electrons. The summed E-state index contributed by atoms with van der Waals surface area (Å²) < 4.78 is 18.0. The molecule has 2 saturated carbocycles. The second-order valence-corrected chi connectivity index (χ2v) is 26.2. The van der Waals surface area contributed by atoms with Crippen molar-refractivity contribution in [3.63, 3.8) is 0 Å². The van der Waals surface area contributed by atoms with Gasteiger partial charge in [-0.25, -0.2) is 14.4 Å². The van der Waals surface area contributed by atoms with Crippen molar-refractivity contribution in [2.45, 2.75) is 166 Å². The van der Waals surface area contributed by atoms with E-state index in [1.807, 2.05) is 54.2 Å². The molecule has 87 heavy (non-hydrogen) atoms. The number of nitrogens with one attached hydrogen (secondary N) is 4. The molecule has 2 aromatic heterocycles. The summed E-state index contributed by atoms with van der Waals surface area (Å²) in [4.78, 5) is 128. The number of imide groups is 2. The fourth-order valence-electron chi connectivity index (χ4n) is 15.2.